The average Bonchev–Trinajstić information content (AvgIpc) is 1.37. The van der Waals surface area contributed by atoms with Gasteiger partial charge in [-0.25, -0.2) is 0 Å². The van der Waals surface area contributed by atoms with Crippen LogP contribution in [0.15, 0.2) is 4.67 Å². The van der Waals surface area contributed by atoms with Crippen molar-refractivity contribution in [3.63, 3.8) is 0 Å². The number of rotatable bonds is 0. The van der Waals surface area contributed by atoms with Crippen LogP contribution in [0.5, 0.6) is 0 Å². The summed E-state index contributed by atoms with van der Waals surface area (Å²) >= 11 is 0. The van der Waals surface area contributed by atoms with E-state index in [1.165, 1.54) is 6.96 Å². The molecule has 4 heteroatoms. The van der Waals surface area contributed by atoms with E-state index in [9.17, 15) is 0 Å². The molecular formula is H2B2NP. The third kappa shape index (κ3) is 2.36. The summed E-state index contributed by atoms with van der Waals surface area (Å²) in [4.78, 5) is 0. The Kier molecular flexibility index (Phi) is 3.66. The maximum atomic E-state index is 4.72. The van der Waals surface area contributed by atoms with E-state index in [-0.39, 0.29) is 0 Å². The Morgan fingerprint density at radius 1 is 2.00 bits per heavy atom. The zero-order valence-corrected chi connectivity index (χ0v) is 3.33. The zero-order chi connectivity index (χ0) is 3.41. The molecule has 0 aromatic heterocycles. The van der Waals surface area contributed by atoms with Crippen LogP contribution < -0.4 is 0 Å². The molecule has 0 aliphatic carbocycles. The molecule has 2 radical (unpaired) electrons. The number of hydrogen-bond acceptors (Lipinski definition) is 1. The zero-order valence-electron chi connectivity index (χ0n) is 2.18. The molecule has 0 N–H and O–H groups in total. The van der Waals surface area contributed by atoms with Crippen molar-refractivity contribution in [1.29, 1.82) is 0 Å². The van der Waals surface area contributed by atoms with Gasteiger partial charge < -0.3 is 0 Å². The summed E-state index contributed by atoms with van der Waals surface area (Å²) in [5.74, 6) is 0. The van der Waals surface area contributed by atoms with E-state index >= 15 is 0 Å². The molecule has 18 valence electrons. The average molecular weight is 68.6 g/mol. The van der Waals surface area contributed by atoms with Crippen molar-refractivity contribution in [2.75, 3.05) is 0 Å². The second-order valence-electron chi connectivity index (χ2n) is 0.298. The normalized spacial score (nSPS) is 7.25. The van der Waals surface area contributed by atoms with Crippen LogP contribution in [0.25, 0.3) is 0 Å². The van der Waals surface area contributed by atoms with E-state index in [0.717, 1.165) is 0 Å². The van der Waals surface area contributed by atoms with Gasteiger partial charge in [-0.1, -0.05) is 0 Å². The third-order valence-corrected chi connectivity index (χ3v) is 0.258. The third-order valence-electron chi connectivity index (χ3n) is 0.0861. The molecule has 0 aromatic rings. The van der Waals surface area contributed by atoms with Crippen molar-refractivity contribution in [2.45, 2.75) is 0 Å². The molecule has 1 nitrogen and oxygen atoms in total. The van der Waals surface area contributed by atoms with Gasteiger partial charge in [0.25, 0.3) is 0 Å². The second-order valence-corrected chi connectivity index (χ2v) is 0.596. The molecule has 0 rings (SSSR count). The minimum absolute atomic E-state index is 1.21. The molecule has 0 aliphatic rings. The van der Waals surface area contributed by atoms with Crippen molar-refractivity contribution in [1.82, 2.24) is 0 Å². The van der Waals surface area contributed by atoms with Crippen LogP contribution in [-0.2, 0) is 0 Å². The van der Waals surface area contributed by atoms with E-state index in [0.29, 0.717) is 0 Å². The van der Waals surface area contributed by atoms with Crippen molar-refractivity contribution in [3.8, 4) is 0 Å². The minimum atomic E-state index is 1.21. The van der Waals surface area contributed by atoms with Gasteiger partial charge >= 0.3 is 28.8 Å². The Labute approximate surface area is 29.8 Å². The molecular weight excluding hydrogens is 66.6 g/mol. The van der Waals surface area contributed by atoms with Crippen molar-refractivity contribution in [2.24, 2.45) is 4.67 Å². The van der Waals surface area contributed by atoms with Gasteiger partial charge in [-0.05, 0) is 0 Å². The number of nitrogens with zero attached hydrogens (tertiary/aromatic N) is 1. The van der Waals surface area contributed by atoms with E-state index in [1.54, 1.807) is 0 Å². The summed E-state index contributed by atoms with van der Waals surface area (Å²) in [5, 5.41) is 0. The molecule has 1 unspecified atom stereocenters. The van der Waals surface area contributed by atoms with Gasteiger partial charge in [0.05, 0.1) is 0 Å². The van der Waals surface area contributed by atoms with Crippen LogP contribution in [0.3, 0.4) is 0 Å². The molecule has 0 saturated carbocycles. The molecule has 0 fully saturated rings. The van der Waals surface area contributed by atoms with Crippen LogP contribution >= 0.6 is 9.39 Å². The topological polar surface area (TPSA) is 12.4 Å². The molecule has 0 saturated heterocycles. The van der Waals surface area contributed by atoms with E-state index in [2.05, 4.69) is 14.1 Å². The van der Waals surface area contributed by atoms with Crippen LogP contribution in [0.2, 0.25) is 0 Å². The summed E-state index contributed by atoms with van der Waals surface area (Å²) in [6.07, 6.45) is 0. The van der Waals surface area contributed by atoms with Crippen LogP contribution in [0.1, 0.15) is 0 Å². The molecule has 0 spiro atoms. The van der Waals surface area contributed by atoms with Gasteiger partial charge in [0, 0.05) is 0 Å². The fourth-order valence-electron chi connectivity index (χ4n) is 0. The predicted molar refractivity (Wildman–Crippen MR) is 23.6 cm³/mol. The summed E-state index contributed by atoms with van der Waals surface area (Å²) in [5.41, 5.74) is 0. The molecule has 4 heavy (non-hydrogen) atoms. The Hall–Kier alpha value is 0.360. The standard InChI is InChI=1S/B2H2NP/c1-2-3-4/h4H2. The predicted octanol–water partition coefficient (Wildman–Crippen LogP) is -0.252. The van der Waals surface area contributed by atoms with Gasteiger partial charge in [0.1, 0.15) is 0 Å². The molecule has 0 aromatic carbocycles. The SMILES string of the molecule is [B]B=NP. The molecule has 0 heterocycles. The molecule has 0 amide bonds. The van der Waals surface area contributed by atoms with Crippen molar-refractivity contribution in [3.05, 3.63) is 0 Å². The second kappa shape index (κ2) is 3.36. The van der Waals surface area contributed by atoms with Crippen LogP contribution in [-0.4, -0.2) is 14.7 Å². The monoisotopic (exact) mass is 69.0 g/mol. The van der Waals surface area contributed by atoms with Crippen molar-refractivity contribution >= 4 is 24.1 Å². The van der Waals surface area contributed by atoms with Gasteiger partial charge in [0.2, 0.25) is 0 Å². The fourth-order valence-corrected chi connectivity index (χ4v) is 0. The Morgan fingerprint density at radius 3 is 2.25 bits per heavy atom. The van der Waals surface area contributed by atoms with E-state index < -0.39 is 0 Å². The summed E-state index contributed by atoms with van der Waals surface area (Å²) in [6.45, 7) is 1.21. The molecule has 0 bridgehead atoms. The van der Waals surface area contributed by atoms with Gasteiger partial charge in [0.15, 0.2) is 0 Å². The maximum absolute atomic E-state index is 4.72. The Morgan fingerprint density at radius 2 is 2.25 bits per heavy atom. The summed E-state index contributed by atoms with van der Waals surface area (Å²) in [6, 6.07) is 0. The van der Waals surface area contributed by atoms with Crippen molar-refractivity contribution < 1.29 is 0 Å². The quantitative estimate of drug-likeness (QED) is 0.274. The Balaban J connectivity index is 2.55. The first-order valence-electron chi connectivity index (χ1n) is 0.850. The first-order valence-corrected chi connectivity index (χ1v) is 1.37. The fraction of sp³-hybridized carbons (Fsp3) is 0. The molecule has 0 aliphatic heterocycles. The summed E-state index contributed by atoms with van der Waals surface area (Å²) in [7, 11) is 6.81. The first-order chi connectivity index (χ1) is 1.91. The Bertz CT molecular complexity index is 21.2. The van der Waals surface area contributed by atoms with Gasteiger partial charge in [-0.2, -0.15) is 0 Å². The number of hydrogen-bond donors (Lipinski definition) is 0. The van der Waals surface area contributed by atoms with E-state index in [1.807, 2.05) is 0 Å². The first kappa shape index (κ1) is 4.36. The van der Waals surface area contributed by atoms with E-state index in [4.69, 9.17) is 7.74 Å². The van der Waals surface area contributed by atoms with Crippen LogP contribution in [0.4, 0.5) is 0 Å². The van der Waals surface area contributed by atoms with Crippen LogP contribution in [0, 0.1) is 0 Å². The van der Waals surface area contributed by atoms with Gasteiger partial charge in [-0.3, -0.25) is 0 Å². The van der Waals surface area contributed by atoms with Gasteiger partial charge in [-0.15, -0.1) is 0 Å². The summed E-state index contributed by atoms with van der Waals surface area (Å²) < 4.78 is 3.31. The molecule has 1 atom stereocenters.